The summed E-state index contributed by atoms with van der Waals surface area (Å²) in [6, 6.07) is 6.04. The topological polar surface area (TPSA) is 69.6 Å². The van der Waals surface area contributed by atoms with Crippen molar-refractivity contribution >= 4 is 5.91 Å². The van der Waals surface area contributed by atoms with Gasteiger partial charge in [-0.3, -0.25) is 4.79 Å². The molecule has 1 aromatic rings. The van der Waals surface area contributed by atoms with E-state index < -0.39 is 5.54 Å². The van der Waals surface area contributed by atoms with E-state index in [2.05, 4.69) is 5.32 Å². The predicted molar refractivity (Wildman–Crippen MR) is 66.0 cm³/mol. The highest BCUT2D eigenvalue weighted by atomic mass is 16.3. The summed E-state index contributed by atoms with van der Waals surface area (Å²) in [5, 5.41) is 21.3. The molecule has 4 nitrogen and oxygen atoms in total. The van der Waals surface area contributed by atoms with Gasteiger partial charge in [-0.25, -0.2) is 0 Å². The van der Waals surface area contributed by atoms with Gasteiger partial charge in [0.1, 0.15) is 5.75 Å². The second-order valence-corrected chi connectivity index (χ2v) is 4.15. The third-order valence-corrected chi connectivity index (χ3v) is 3.16. The Morgan fingerprint density at radius 3 is 2.18 bits per heavy atom. The van der Waals surface area contributed by atoms with Gasteiger partial charge in [-0.2, -0.15) is 0 Å². The lowest BCUT2D eigenvalue weighted by Crippen LogP contribution is -2.50. The molecule has 1 aromatic carbocycles. The maximum Gasteiger partial charge on any atom is 0.251 e. The van der Waals surface area contributed by atoms with E-state index in [0.29, 0.717) is 18.4 Å². The number of aromatic hydroxyl groups is 1. The third-order valence-electron chi connectivity index (χ3n) is 3.16. The lowest BCUT2D eigenvalue weighted by molar-refractivity contribution is 0.0818. The predicted octanol–water partition coefficient (Wildman–Crippen LogP) is 1.67. The molecule has 17 heavy (non-hydrogen) atoms. The van der Waals surface area contributed by atoms with Crippen LogP contribution in [0.3, 0.4) is 0 Å². The minimum Gasteiger partial charge on any atom is -0.508 e. The van der Waals surface area contributed by atoms with Crippen LogP contribution in [-0.2, 0) is 0 Å². The fourth-order valence-electron chi connectivity index (χ4n) is 1.62. The van der Waals surface area contributed by atoms with Crippen molar-refractivity contribution in [2.45, 2.75) is 32.2 Å². The van der Waals surface area contributed by atoms with Crippen molar-refractivity contribution in [2.75, 3.05) is 6.61 Å². The van der Waals surface area contributed by atoms with E-state index in [1.165, 1.54) is 12.1 Å². The van der Waals surface area contributed by atoms with Gasteiger partial charge in [0.2, 0.25) is 0 Å². The monoisotopic (exact) mass is 237 g/mol. The zero-order chi connectivity index (χ0) is 12.9. The molecule has 0 aromatic heterocycles. The number of carbonyl (C=O) groups is 1. The summed E-state index contributed by atoms with van der Waals surface area (Å²) in [7, 11) is 0. The van der Waals surface area contributed by atoms with Crippen molar-refractivity contribution in [1.29, 1.82) is 0 Å². The Morgan fingerprint density at radius 2 is 1.76 bits per heavy atom. The molecule has 1 amide bonds. The Kier molecular flexibility index (Phi) is 4.52. The number of carbonyl (C=O) groups excluding carboxylic acids is 1. The standard InChI is InChI=1S/C13H19NO3/c1-3-13(4-2,9-15)14-12(17)10-5-7-11(16)8-6-10/h5-8,15-16H,3-4,9H2,1-2H3,(H,14,17). The van der Waals surface area contributed by atoms with Crippen LogP contribution in [0.5, 0.6) is 5.75 Å². The van der Waals surface area contributed by atoms with Gasteiger partial charge in [-0.1, -0.05) is 13.8 Å². The normalized spacial score (nSPS) is 11.2. The van der Waals surface area contributed by atoms with Gasteiger partial charge >= 0.3 is 0 Å². The maximum atomic E-state index is 11.9. The molecule has 0 spiro atoms. The molecule has 0 aliphatic carbocycles. The van der Waals surface area contributed by atoms with E-state index >= 15 is 0 Å². The van der Waals surface area contributed by atoms with Gasteiger partial charge < -0.3 is 15.5 Å². The first-order valence-electron chi connectivity index (χ1n) is 5.79. The van der Waals surface area contributed by atoms with Crippen molar-refractivity contribution in [3.8, 4) is 5.75 Å². The molecule has 1 rings (SSSR count). The van der Waals surface area contributed by atoms with Crippen LogP contribution in [0, 0.1) is 0 Å². The molecule has 0 heterocycles. The summed E-state index contributed by atoms with van der Waals surface area (Å²) in [6.07, 6.45) is 1.34. The number of rotatable bonds is 5. The molecular weight excluding hydrogens is 218 g/mol. The molecule has 0 radical (unpaired) electrons. The number of phenolic OH excluding ortho intramolecular Hbond substituents is 1. The van der Waals surface area contributed by atoms with Crippen LogP contribution in [0.15, 0.2) is 24.3 Å². The minimum absolute atomic E-state index is 0.0795. The summed E-state index contributed by atoms with van der Waals surface area (Å²) in [5.74, 6) is -0.108. The number of aliphatic hydroxyl groups is 1. The minimum atomic E-state index is -0.561. The quantitative estimate of drug-likeness (QED) is 0.729. The maximum absolute atomic E-state index is 11.9. The molecule has 0 saturated heterocycles. The van der Waals surface area contributed by atoms with Gasteiger partial charge in [-0.05, 0) is 37.1 Å². The molecule has 0 fully saturated rings. The zero-order valence-corrected chi connectivity index (χ0v) is 10.2. The van der Waals surface area contributed by atoms with Crippen LogP contribution in [-0.4, -0.2) is 28.3 Å². The largest absolute Gasteiger partial charge is 0.508 e. The highest BCUT2D eigenvalue weighted by molar-refractivity contribution is 5.94. The molecule has 0 aliphatic heterocycles. The van der Waals surface area contributed by atoms with E-state index in [4.69, 9.17) is 5.11 Å². The summed E-state index contributed by atoms with van der Waals surface area (Å²) in [4.78, 5) is 11.9. The third kappa shape index (κ3) is 3.20. The molecule has 0 atom stereocenters. The second kappa shape index (κ2) is 5.68. The van der Waals surface area contributed by atoms with Crippen molar-refractivity contribution < 1.29 is 15.0 Å². The van der Waals surface area contributed by atoms with Crippen molar-refractivity contribution in [3.63, 3.8) is 0 Å². The van der Waals surface area contributed by atoms with Crippen molar-refractivity contribution in [2.24, 2.45) is 0 Å². The van der Waals surface area contributed by atoms with Crippen molar-refractivity contribution in [3.05, 3.63) is 29.8 Å². The average Bonchev–Trinajstić information content (AvgIpc) is 2.37. The van der Waals surface area contributed by atoms with Crippen LogP contribution in [0.2, 0.25) is 0 Å². The van der Waals surface area contributed by atoms with E-state index in [9.17, 15) is 9.90 Å². The first-order valence-corrected chi connectivity index (χ1v) is 5.79. The van der Waals surface area contributed by atoms with E-state index in [1.807, 2.05) is 13.8 Å². The SMILES string of the molecule is CCC(CC)(CO)NC(=O)c1ccc(O)cc1. The average molecular weight is 237 g/mol. The number of benzene rings is 1. The molecule has 3 N–H and O–H groups in total. The lowest BCUT2D eigenvalue weighted by Gasteiger charge is -2.30. The van der Waals surface area contributed by atoms with E-state index in [1.54, 1.807) is 12.1 Å². The Balaban J connectivity index is 2.81. The first-order chi connectivity index (χ1) is 8.06. The number of amides is 1. The van der Waals surface area contributed by atoms with Crippen molar-refractivity contribution in [1.82, 2.24) is 5.32 Å². The first kappa shape index (κ1) is 13.5. The van der Waals surface area contributed by atoms with E-state index in [-0.39, 0.29) is 18.3 Å². The Bertz CT molecular complexity index is 360. The molecule has 0 aliphatic rings. The molecule has 0 bridgehead atoms. The summed E-state index contributed by atoms with van der Waals surface area (Å²) in [6.45, 7) is 3.78. The van der Waals surface area contributed by atoms with E-state index in [0.717, 1.165) is 0 Å². The number of hydrogen-bond donors (Lipinski definition) is 3. The lowest BCUT2D eigenvalue weighted by atomic mass is 9.93. The van der Waals surface area contributed by atoms with Crippen LogP contribution in [0.1, 0.15) is 37.0 Å². The molecule has 94 valence electrons. The molecular formula is C13H19NO3. The fraction of sp³-hybridized carbons (Fsp3) is 0.462. The van der Waals surface area contributed by atoms with Gasteiger partial charge in [0, 0.05) is 5.56 Å². The smallest absolute Gasteiger partial charge is 0.251 e. The van der Waals surface area contributed by atoms with Crippen LogP contribution in [0.25, 0.3) is 0 Å². The molecule has 4 heteroatoms. The van der Waals surface area contributed by atoms with Gasteiger partial charge in [-0.15, -0.1) is 0 Å². The fourth-order valence-corrected chi connectivity index (χ4v) is 1.62. The molecule has 0 saturated carbocycles. The Hall–Kier alpha value is -1.55. The highest BCUT2D eigenvalue weighted by Crippen LogP contribution is 2.16. The molecule has 0 unspecified atom stereocenters. The second-order valence-electron chi connectivity index (χ2n) is 4.15. The van der Waals surface area contributed by atoms with Gasteiger partial charge in [0.15, 0.2) is 0 Å². The highest BCUT2D eigenvalue weighted by Gasteiger charge is 2.27. The van der Waals surface area contributed by atoms with Gasteiger partial charge in [0.05, 0.1) is 12.1 Å². The summed E-state index contributed by atoms with van der Waals surface area (Å²) in [5.41, 5.74) is -0.0860. The number of hydrogen-bond acceptors (Lipinski definition) is 3. The Morgan fingerprint density at radius 1 is 1.24 bits per heavy atom. The Labute approximate surface area is 101 Å². The summed E-state index contributed by atoms with van der Waals surface area (Å²) >= 11 is 0. The van der Waals surface area contributed by atoms with Crippen LogP contribution < -0.4 is 5.32 Å². The summed E-state index contributed by atoms with van der Waals surface area (Å²) < 4.78 is 0. The van der Waals surface area contributed by atoms with Crippen LogP contribution in [0.4, 0.5) is 0 Å². The number of phenols is 1. The zero-order valence-electron chi connectivity index (χ0n) is 10.2. The van der Waals surface area contributed by atoms with Crippen LogP contribution >= 0.6 is 0 Å². The van der Waals surface area contributed by atoms with Gasteiger partial charge in [0.25, 0.3) is 5.91 Å². The number of nitrogens with one attached hydrogen (secondary N) is 1. The number of aliphatic hydroxyl groups excluding tert-OH is 1.